The smallest absolute Gasteiger partial charge is 0.310 e. The number of rotatable bonds is 16. The van der Waals surface area contributed by atoms with Crippen LogP contribution in [0.4, 0.5) is 0 Å². The first-order valence-corrected chi connectivity index (χ1v) is 11.9. The second-order valence-corrected chi connectivity index (χ2v) is 8.59. The van der Waals surface area contributed by atoms with E-state index in [1.165, 1.54) is 57.8 Å². The van der Waals surface area contributed by atoms with E-state index in [-0.39, 0.29) is 5.91 Å². The van der Waals surface area contributed by atoms with E-state index >= 15 is 0 Å². The van der Waals surface area contributed by atoms with Crippen LogP contribution in [0.3, 0.4) is 0 Å². The first-order chi connectivity index (χ1) is 13.1. The number of carbonyl (C=O) groups excluding carboxylic acids is 1. The van der Waals surface area contributed by atoms with Crippen LogP contribution in [0.15, 0.2) is 30.3 Å². The molecule has 1 amide bonds. The molecule has 1 rings (SSSR count). The van der Waals surface area contributed by atoms with E-state index in [1.807, 2.05) is 30.3 Å². The van der Waals surface area contributed by atoms with Gasteiger partial charge in [0.15, 0.2) is 0 Å². The van der Waals surface area contributed by atoms with Crippen LogP contribution in [-0.4, -0.2) is 16.6 Å². The zero-order valence-electron chi connectivity index (χ0n) is 16.9. The number of hydrogen-bond acceptors (Lipinski definition) is 2. The van der Waals surface area contributed by atoms with Gasteiger partial charge < -0.3 is 5.32 Å². The second-order valence-electron chi connectivity index (χ2n) is 7.36. The van der Waals surface area contributed by atoms with Crippen molar-refractivity contribution in [3.63, 3.8) is 0 Å². The lowest BCUT2D eigenvalue weighted by molar-refractivity contribution is -0.121. The van der Waals surface area contributed by atoms with Gasteiger partial charge in [-0.25, -0.2) is 0 Å². The number of amides is 1. The van der Waals surface area contributed by atoms with Crippen LogP contribution in [0, 0.1) is 0 Å². The Labute approximate surface area is 166 Å². The molecular weight excluding hydrogens is 357 g/mol. The first-order valence-electron chi connectivity index (χ1n) is 10.6. The number of nitrogens with one attached hydrogen (secondary N) is 1. The summed E-state index contributed by atoms with van der Waals surface area (Å²) in [4.78, 5) is 21.5. The minimum atomic E-state index is -2.44. The molecule has 0 aliphatic rings. The van der Waals surface area contributed by atoms with Gasteiger partial charge >= 0.3 is 8.03 Å². The van der Waals surface area contributed by atoms with Gasteiger partial charge in [0.05, 0.1) is 0 Å². The Morgan fingerprint density at radius 1 is 0.926 bits per heavy atom. The van der Waals surface area contributed by atoms with Crippen LogP contribution in [0.25, 0.3) is 0 Å². The molecule has 0 spiro atoms. The Hall–Kier alpha value is -1.25. The van der Waals surface area contributed by atoms with E-state index in [9.17, 15) is 14.3 Å². The minimum Gasteiger partial charge on any atom is -0.310 e. The highest BCUT2D eigenvalue weighted by molar-refractivity contribution is 7.38. The van der Waals surface area contributed by atoms with Gasteiger partial charge in [0, 0.05) is 12.8 Å². The van der Waals surface area contributed by atoms with Crippen LogP contribution in [0.2, 0.25) is 0 Å². The molecule has 0 heterocycles. The second kappa shape index (κ2) is 15.8. The third-order valence-corrected chi connectivity index (χ3v) is 5.72. The molecule has 4 nitrogen and oxygen atoms in total. The first kappa shape index (κ1) is 23.8. The topological polar surface area (TPSA) is 66.4 Å². The number of carbonyl (C=O) groups is 1. The maximum Gasteiger partial charge on any atom is 0.531 e. The number of benzene rings is 1. The molecule has 0 saturated heterocycles. The molecule has 2 atom stereocenters. The van der Waals surface area contributed by atoms with Crippen molar-refractivity contribution in [2.24, 2.45) is 0 Å². The standard InChI is InChI=1S/C22H36NO3P/c1-2-3-4-5-6-7-8-9-10-11-15-18-21(24)23-22(27(25)26)19-20-16-13-12-14-17-20/h12-14,16-17,22H,2-11,15,18-19H2,1H3,(H-,23,24,25,26)/p+1. The highest BCUT2D eigenvalue weighted by atomic mass is 31.1. The van der Waals surface area contributed by atoms with Gasteiger partial charge in [-0.1, -0.05) is 101 Å². The molecule has 1 aromatic rings. The van der Waals surface area contributed by atoms with Crippen molar-refractivity contribution in [3.05, 3.63) is 35.9 Å². The maximum absolute atomic E-state index is 12.1. The SMILES string of the molecule is CCCCCCCCCCCCCC(=O)NC(Cc1ccccc1)[P+](=O)O. The summed E-state index contributed by atoms with van der Waals surface area (Å²) in [6, 6.07) is 9.50. The average molecular weight is 395 g/mol. The van der Waals surface area contributed by atoms with Gasteiger partial charge in [-0.05, 0) is 16.5 Å². The lowest BCUT2D eigenvalue weighted by Gasteiger charge is -2.08. The summed E-state index contributed by atoms with van der Waals surface area (Å²) in [7, 11) is -2.44. The fraction of sp³-hybridized carbons (Fsp3) is 0.682. The van der Waals surface area contributed by atoms with Crippen LogP contribution < -0.4 is 5.32 Å². The Bertz CT molecular complexity index is 522. The Morgan fingerprint density at radius 2 is 1.44 bits per heavy atom. The van der Waals surface area contributed by atoms with E-state index in [4.69, 9.17) is 0 Å². The monoisotopic (exact) mass is 394 g/mol. The summed E-state index contributed by atoms with van der Waals surface area (Å²) in [6.45, 7) is 2.24. The quantitative estimate of drug-likeness (QED) is 0.263. The molecule has 27 heavy (non-hydrogen) atoms. The summed E-state index contributed by atoms with van der Waals surface area (Å²) >= 11 is 0. The highest BCUT2D eigenvalue weighted by Gasteiger charge is 2.30. The zero-order chi connectivity index (χ0) is 19.7. The molecule has 0 fully saturated rings. The third-order valence-electron chi connectivity index (χ3n) is 4.87. The molecule has 0 bridgehead atoms. The van der Waals surface area contributed by atoms with Crippen LogP contribution in [0.5, 0.6) is 0 Å². The average Bonchev–Trinajstić information content (AvgIpc) is 2.66. The summed E-state index contributed by atoms with van der Waals surface area (Å²) in [5.41, 5.74) is 0.954. The zero-order valence-corrected chi connectivity index (χ0v) is 17.8. The van der Waals surface area contributed by atoms with E-state index < -0.39 is 13.8 Å². The van der Waals surface area contributed by atoms with Crippen molar-refractivity contribution in [2.75, 3.05) is 0 Å². The van der Waals surface area contributed by atoms with Gasteiger partial charge in [-0.3, -0.25) is 4.79 Å². The third kappa shape index (κ3) is 12.7. The van der Waals surface area contributed by atoms with Crippen molar-refractivity contribution in [1.82, 2.24) is 5.32 Å². The predicted octanol–water partition coefficient (Wildman–Crippen LogP) is 6.11. The maximum atomic E-state index is 12.1. The highest BCUT2D eigenvalue weighted by Crippen LogP contribution is 2.24. The van der Waals surface area contributed by atoms with Gasteiger partial charge in [0.1, 0.15) is 0 Å². The normalized spacial score (nSPS) is 12.6. The fourth-order valence-electron chi connectivity index (χ4n) is 3.23. The Morgan fingerprint density at radius 3 is 1.96 bits per heavy atom. The van der Waals surface area contributed by atoms with Gasteiger partial charge in [-0.2, -0.15) is 4.89 Å². The van der Waals surface area contributed by atoms with E-state index in [0.717, 1.165) is 18.4 Å². The lowest BCUT2D eigenvalue weighted by atomic mass is 10.1. The van der Waals surface area contributed by atoms with Gasteiger partial charge in [0.2, 0.25) is 5.91 Å². The van der Waals surface area contributed by atoms with Crippen molar-refractivity contribution < 1.29 is 14.3 Å². The number of hydrogen-bond donors (Lipinski definition) is 2. The molecule has 2 N–H and O–H groups in total. The summed E-state index contributed by atoms with van der Waals surface area (Å²) in [5.74, 6) is -0.827. The summed E-state index contributed by atoms with van der Waals surface area (Å²) in [5, 5.41) is 2.73. The molecule has 0 radical (unpaired) electrons. The Balaban J connectivity index is 2.07. The fourth-order valence-corrected chi connectivity index (χ4v) is 3.85. The van der Waals surface area contributed by atoms with Crippen LogP contribution in [0.1, 0.15) is 89.5 Å². The minimum absolute atomic E-state index is 0.121. The molecular formula is C22H37NO3P+. The van der Waals surface area contributed by atoms with E-state index in [1.54, 1.807) is 0 Å². The molecule has 5 heteroatoms. The van der Waals surface area contributed by atoms with Crippen LogP contribution >= 0.6 is 8.03 Å². The molecule has 0 saturated carbocycles. The molecule has 0 aliphatic carbocycles. The largest absolute Gasteiger partial charge is 0.531 e. The lowest BCUT2D eigenvalue weighted by Crippen LogP contribution is -2.33. The molecule has 0 aromatic heterocycles. The van der Waals surface area contributed by atoms with Gasteiger partial charge in [0.25, 0.3) is 5.78 Å². The molecule has 1 aromatic carbocycles. The van der Waals surface area contributed by atoms with Gasteiger partial charge in [-0.15, -0.1) is 0 Å². The van der Waals surface area contributed by atoms with Crippen molar-refractivity contribution in [1.29, 1.82) is 0 Å². The van der Waals surface area contributed by atoms with E-state index in [2.05, 4.69) is 12.2 Å². The Kier molecular flexibility index (Phi) is 13.9. The predicted molar refractivity (Wildman–Crippen MR) is 113 cm³/mol. The molecule has 152 valence electrons. The molecule has 2 unspecified atom stereocenters. The van der Waals surface area contributed by atoms with Crippen molar-refractivity contribution in [2.45, 2.75) is 96.2 Å². The summed E-state index contributed by atoms with van der Waals surface area (Å²) < 4.78 is 11.5. The van der Waals surface area contributed by atoms with Crippen molar-refractivity contribution in [3.8, 4) is 0 Å². The molecule has 0 aliphatic heterocycles. The van der Waals surface area contributed by atoms with E-state index in [0.29, 0.717) is 12.8 Å². The number of unbranched alkanes of at least 4 members (excludes halogenated alkanes) is 10. The van der Waals surface area contributed by atoms with Crippen LogP contribution in [-0.2, 0) is 15.8 Å². The van der Waals surface area contributed by atoms with Crippen molar-refractivity contribution >= 4 is 13.9 Å². The summed E-state index contributed by atoms with van der Waals surface area (Å²) in [6.07, 6.45) is 14.5.